The fraction of sp³-hybridized carbons (Fsp3) is 0.188. The Balaban J connectivity index is 1.42. The number of methoxy groups -OCH3 is 1. The largest absolute Gasteiger partial charge is 0.497 e. The first kappa shape index (κ1) is 32.3. The molecule has 2 amide bonds. The molecule has 44 heavy (non-hydrogen) atoms. The highest BCUT2D eigenvalue weighted by atomic mass is 35.5. The number of benzene rings is 4. The number of nitrogens with one attached hydrogen (secondary N) is 2. The Kier molecular flexibility index (Phi) is 10.8. The third-order valence-corrected chi connectivity index (χ3v) is 8.30. The van der Waals surface area contributed by atoms with Crippen molar-refractivity contribution in [1.82, 2.24) is 10.2 Å². The lowest BCUT2D eigenvalue weighted by atomic mass is 10.1. The number of carbonyl (C=O) groups is 2. The first-order valence-corrected chi connectivity index (χ1v) is 15.4. The van der Waals surface area contributed by atoms with Crippen LogP contribution in [0, 0.1) is 5.82 Å². The van der Waals surface area contributed by atoms with E-state index >= 15 is 0 Å². The van der Waals surface area contributed by atoms with Gasteiger partial charge in [0.25, 0.3) is 15.9 Å². The first-order valence-electron chi connectivity index (χ1n) is 13.5. The molecule has 4 rings (SSSR count). The predicted molar refractivity (Wildman–Crippen MR) is 165 cm³/mol. The van der Waals surface area contributed by atoms with Gasteiger partial charge in [-0.25, -0.2) is 12.8 Å². The highest BCUT2D eigenvalue weighted by Gasteiger charge is 2.26. The Labute approximate surface area is 260 Å². The summed E-state index contributed by atoms with van der Waals surface area (Å²) < 4.78 is 51.8. The van der Waals surface area contributed by atoms with Crippen LogP contribution in [0.5, 0.6) is 11.5 Å². The van der Waals surface area contributed by atoms with E-state index in [0.29, 0.717) is 10.8 Å². The van der Waals surface area contributed by atoms with Crippen molar-refractivity contribution in [2.45, 2.75) is 31.0 Å². The Bertz CT molecular complexity index is 1670. The minimum absolute atomic E-state index is 0.0485. The van der Waals surface area contributed by atoms with Crippen LogP contribution in [0.2, 0.25) is 5.02 Å². The molecular formula is C32H31ClFN3O6S. The number of nitrogens with zero attached hydrogens (tertiary/aromatic N) is 1. The third-order valence-electron chi connectivity index (χ3n) is 6.65. The number of halogens is 2. The smallest absolute Gasteiger partial charge is 0.261 e. The second-order valence-corrected chi connectivity index (χ2v) is 11.9. The molecule has 1 atom stereocenters. The van der Waals surface area contributed by atoms with E-state index in [9.17, 15) is 22.4 Å². The maximum Gasteiger partial charge on any atom is 0.261 e. The molecule has 0 aliphatic carbocycles. The number of rotatable bonds is 13. The molecule has 0 bridgehead atoms. The topological polar surface area (TPSA) is 114 Å². The van der Waals surface area contributed by atoms with Crippen LogP contribution in [0.3, 0.4) is 0 Å². The molecule has 0 radical (unpaired) electrons. The van der Waals surface area contributed by atoms with Gasteiger partial charge in [-0.3, -0.25) is 14.3 Å². The normalized spacial score (nSPS) is 11.7. The standard InChI is InChI=1S/C32H31ClFN3O6S/c1-22(32(39)35-19-23-3-7-25(33)8-4-23)37(20-24-5-13-28(42-2)14-6-24)31(38)21-43-29-15-17-30(18-16-29)44(40,41)36-27-11-9-26(34)10-12-27/h3-18,22,36H,19-21H2,1-2H3,(H,35,39). The van der Waals surface area contributed by atoms with Crippen LogP contribution in [-0.4, -0.2) is 44.9 Å². The van der Waals surface area contributed by atoms with E-state index in [1.54, 1.807) is 62.6 Å². The van der Waals surface area contributed by atoms with E-state index < -0.39 is 34.4 Å². The van der Waals surface area contributed by atoms with Crippen molar-refractivity contribution in [3.8, 4) is 11.5 Å². The highest BCUT2D eigenvalue weighted by Crippen LogP contribution is 2.21. The lowest BCUT2D eigenvalue weighted by Crippen LogP contribution is -2.48. The molecule has 0 saturated carbocycles. The SMILES string of the molecule is COc1ccc(CN(C(=O)COc2ccc(S(=O)(=O)Nc3ccc(F)cc3)cc2)C(C)C(=O)NCc2ccc(Cl)cc2)cc1. The van der Waals surface area contributed by atoms with E-state index in [0.717, 1.165) is 23.3 Å². The number of sulfonamides is 1. The summed E-state index contributed by atoms with van der Waals surface area (Å²) in [6.07, 6.45) is 0. The highest BCUT2D eigenvalue weighted by molar-refractivity contribution is 7.92. The Hall–Kier alpha value is -4.61. The molecule has 0 saturated heterocycles. The van der Waals surface area contributed by atoms with E-state index in [1.807, 2.05) is 0 Å². The summed E-state index contributed by atoms with van der Waals surface area (Å²) in [6.45, 7) is 1.62. The molecule has 0 aliphatic rings. The summed E-state index contributed by atoms with van der Waals surface area (Å²) in [7, 11) is -2.38. The van der Waals surface area contributed by atoms with E-state index in [2.05, 4.69) is 10.0 Å². The molecule has 0 aromatic heterocycles. The first-order chi connectivity index (χ1) is 21.0. The van der Waals surface area contributed by atoms with Crippen LogP contribution in [-0.2, 0) is 32.7 Å². The second-order valence-electron chi connectivity index (χ2n) is 9.76. The monoisotopic (exact) mass is 639 g/mol. The van der Waals surface area contributed by atoms with Crippen LogP contribution < -0.4 is 19.5 Å². The third kappa shape index (κ3) is 8.95. The second kappa shape index (κ2) is 14.7. The van der Waals surface area contributed by atoms with E-state index in [-0.39, 0.29) is 35.3 Å². The number of carbonyl (C=O) groups excluding carboxylic acids is 2. The summed E-state index contributed by atoms with van der Waals surface area (Å²) in [5.41, 5.74) is 1.84. The van der Waals surface area contributed by atoms with Crippen LogP contribution in [0.1, 0.15) is 18.1 Å². The molecule has 12 heteroatoms. The van der Waals surface area contributed by atoms with Crippen LogP contribution in [0.15, 0.2) is 102 Å². The van der Waals surface area contributed by atoms with Gasteiger partial charge in [0.2, 0.25) is 5.91 Å². The minimum atomic E-state index is -3.94. The van der Waals surface area contributed by atoms with Gasteiger partial charge in [0.1, 0.15) is 23.4 Å². The summed E-state index contributed by atoms with van der Waals surface area (Å²) in [5.74, 6) is -0.389. The molecule has 0 fully saturated rings. The zero-order valence-electron chi connectivity index (χ0n) is 24.0. The molecule has 9 nitrogen and oxygen atoms in total. The average molecular weight is 640 g/mol. The van der Waals surface area contributed by atoms with Crippen molar-refractivity contribution in [2.24, 2.45) is 0 Å². The Morgan fingerprint density at radius 2 is 1.45 bits per heavy atom. The molecule has 1 unspecified atom stereocenters. The lowest BCUT2D eigenvalue weighted by molar-refractivity contribution is -0.142. The van der Waals surface area contributed by atoms with Crippen molar-refractivity contribution >= 4 is 39.1 Å². The summed E-state index contributed by atoms with van der Waals surface area (Å²) in [6, 6.07) is 23.8. The van der Waals surface area contributed by atoms with Crippen molar-refractivity contribution in [3.63, 3.8) is 0 Å². The average Bonchev–Trinajstić information content (AvgIpc) is 3.03. The zero-order valence-corrected chi connectivity index (χ0v) is 25.6. The molecule has 4 aromatic rings. The predicted octanol–water partition coefficient (Wildman–Crippen LogP) is 5.40. The van der Waals surface area contributed by atoms with Gasteiger partial charge in [0, 0.05) is 23.8 Å². The summed E-state index contributed by atoms with van der Waals surface area (Å²) in [4.78, 5) is 27.9. The molecular weight excluding hydrogens is 609 g/mol. The van der Waals surface area contributed by atoms with Gasteiger partial charge in [-0.1, -0.05) is 35.9 Å². The number of anilines is 1. The molecule has 0 aliphatic heterocycles. The van der Waals surface area contributed by atoms with E-state index in [1.165, 1.54) is 41.3 Å². The molecule has 2 N–H and O–H groups in total. The van der Waals surface area contributed by atoms with Crippen LogP contribution in [0.25, 0.3) is 0 Å². The molecule has 230 valence electrons. The fourth-order valence-electron chi connectivity index (χ4n) is 4.12. The van der Waals surface area contributed by atoms with Crippen molar-refractivity contribution in [3.05, 3.63) is 119 Å². The maximum atomic E-state index is 13.4. The van der Waals surface area contributed by atoms with Crippen LogP contribution >= 0.6 is 11.6 Å². The van der Waals surface area contributed by atoms with Crippen molar-refractivity contribution < 1.29 is 31.9 Å². The van der Waals surface area contributed by atoms with Crippen molar-refractivity contribution in [1.29, 1.82) is 0 Å². The Morgan fingerprint density at radius 1 is 0.864 bits per heavy atom. The molecule has 0 spiro atoms. The molecule has 0 heterocycles. The Morgan fingerprint density at radius 3 is 2.07 bits per heavy atom. The van der Waals surface area contributed by atoms with Gasteiger partial charge in [-0.15, -0.1) is 0 Å². The lowest BCUT2D eigenvalue weighted by Gasteiger charge is -2.29. The zero-order chi connectivity index (χ0) is 31.7. The number of hydrogen-bond donors (Lipinski definition) is 2. The van der Waals surface area contributed by atoms with Gasteiger partial charge in [-0.2, -0.15) is 0 Å². The summed E-state index contributed by atoms with van der Waals surface area (Å²) >= 11 is 5.94. The van der Waals surface area contributed by atoms with E-state index in [4.69, 9.17) is 21.1 Å². The number of amides is 2. The minimum Gasteiger partial charge on any atom is -0.497 e. The van der Waals surface area contributed by atoms with Gasteiger partial charge < -0.3 is 19.7 Å². The quantitative estimate of drug-likeness (QED) is 0.203. The van der Waals surface area contributed by atoms with Gasteiger partial charge >= 0.3 is 0 Å². The number of ether oxygens (including phenoxy) is 2. The van der Waals surface area contributed by atoms with Crippen molar-refractivity contribution in [2.75, 3.05) is 18.4 Å². The van der Waals surface area contributed by atoms with Gasteiger partial charge in [-0.05, 0) is 90.8 Å². The number of hydrogen-bond acceptors (Lipinski definition) is 6. The summed E-state index contributed by atoms with van der Waals surface area (Å²) in [5, 5.41) is 3.44. The molecule has 4 aromatic carbocycles. The van der Waals surface area contributed by atoms with Crippen LogP contribution in [0.4, 0.5) is 10.1 Å². The maximum absolute atomic E-state index is 13.4. The van der Waals surface area contributed by atoms with Gasteiger partial charge in [0.05, 0.1) is 12.0 Å². The van der Waals surface area contributed by atoms with Gasteiger partial charge in [0.15, 0.2) is 6.61 Å². The fourth-order valence-corrected chi connectivity index (χ4v) is 5.31.